The second-order valence-electron chi connectivity index (χ2n) is 3.38. The third-order valence-corrected chi connectivity index (χ3v) is 2.58. The molecule has 0 aliphatic carbocycles. The molecule has 0 aromatic carbocycles. The Hall–Kier alpha value is 0.0700. The molecular weight excluding hydrogens is 188 g/mol. The van der Waals surface area contributed by atoms with Gasteiger partial charge >= 0.3 is 0 Å². The molecular formula is C9H20O3S. The molecule has 1 N–H and O–H groups in total. The van der Waals surface area contributed by atoms with Gasteiger partial charge in [-0.1, -0.05) is 26.7 Å². The molecule has 0 rings (SSSR count). The van der Waals surface area contributed by atoms with Gasteiger partial charge in [0.2, 0.25) is 0 Å². The minimum absolute atomic E-state index is 0.174. The minimum atomic E-state index is -1.68. The number of unbranched alkanes of at least 4 members (excludes halogenated alkanes) is 2. The smallest absolute Gasteiger partial charge is 0.153 e. The molecule has 0 aliphatic rings. The predicted molar refractivity (Wildman–Crippen MR) is 55.1 cm³/mol. The van der Waals surface area contributed by atoms with Crippen LogP contribution in [0.15, 0.2) is 0 Å². The van der Waals surface area contributed by atoms with Gasteiger partial charge in [0.05, 0.1) is 12.4 Å². The zero-order valence-corrected chi connectivity index (χ0v) is 9.31. The van der Waals surface area contributed by atoms with Crippen molar-refractivity contribution in [2.45, 2.75) is 33.1 Å². The molecule has 2 unspecified atom stereocenters. The molecule has 0 aromatic heterocycles. The van der Waals surface area contributed by atoms with Gasteiger partial charge in [-0.3, -0.25) is 0 Å². The fourth-order valence-corrected chi connectivity index (χ4v) is 1.61. The highest BCUT2D eigenvalue weighted by Crippen LogP contribution is 2.00. The summed E-state index contributed by atoms with van der Waals surface area (Å²) in [6, 6.07) is 0. The summed E-state index contributed by atoms with van der Waals surface area (Å²) in [5.41, 5.74) is 0. The topological polar surface area (TPSA) is 46.5 Å². The van der Waals surface area contributed by atoms with Crippen LogP contribution >= 0.6 is 0 Å². The molecule has 0 aliphatic heterocycles. The zero-order valence-electron chi connectivity index (χ0n) is 8.49. The molecule has 0 fully saturated rings. The second kappa shape index (κ2) is 8.66. The Morgan fingerprint density at radius 2 is 2.15 bits per heavy atom. The van der Waals surface area contributed by atoms with Gasteiger partial charge in [-0.15, -0.1) is 0 Å². The van der Waals surface area contributed by atoms with E-state index in [2.05, 4.69) is 6.92 Å². The Morgan fingerprint density at radius 1 is 1.46 bits per heavy atom. The van der Waals surface area contributed by atoms with E-state index in [9.17, 15) is 4.21 Å². The fraction of sp³-hybridized carbons (Fsp3) is 1.00. The monoisotopic (exact) mass is 208 g/mol. The van der Waals surface area contributed by atoms with Crippen molar-refractivity contribution in [1.29, 1.82) is 0 Å². The van der Waals surface area contributed by atoms with Gasteiger partial charge in [-0.05, 0) is 12.3 Å². The molecule has 0 saturated carbocycles. The fourth-order valence-electron chi connectivity index (χ4n) is 1.03. The quantitative estimate of drug-likeness (QED) is 0.490. The lowest BCUT2D eigenvalue weighted by Crippen LogP contribution is -2.14. The molecule has 0 bridgehead atoms. The van der Waals surface area contributed by atoms with Crippen LogP contribution < -0.4 is 0 Å². The van der Waals surface area contributed by atoms with Crippen molar-refractivity contribution in [3.63, 3.8) is 0 Å². The largest absolute Gasteiger partial charge is 0.381 e. The van der Waals surface area contributed by atoms with Crippen LogP contribution in [0.3, 0.4) is 0 Å². The maximum absolute atomic E-state index is 10.4. The lowest BCUT2D eigenvalue weighted by atomic mass is 10.2. The highest BCUT2D eigenvalue weighted by Gasteiger charge is 2.05. The third-order valence-electron chi connectivity index (χ3n) is 1.72. The summed E-state index contributed by atoms with van der Waals surface area (Å²) < 4.78 is 24.3. The molecule has 80 valence electrons. The van der Waals surface area contributed by atoms with Gasteiger partial charge in [0.1, 0.15) is 0 Å². The van der Waals surface area contributed by atoms with E-state index in [1.807, 2.05) is 6.92 Å². The summed E-state index contributed by atoms with van der Waals surface area (Å²) in [4.78, 5) is 0. The van der Waals surface area contributed by atoms with Crippen molar-refractivity contribution >= 4 is 11.1 Å². The first kappa shape index (κ1) is 13.1. The summed E-state index contributed by atoms with van der Waals surface area (Å²) in [6.45, 7) is 5.44. The van der Waals surface area contributed by atoms with Crippen molar-refractivity contribution in [1.82, 2.24) is 0 Å². The maximum atomic E-state index is 10.4. The Labute approximate surface area is 83.1 Å². The Morgan fingerprint density at radius 3 is 2.69 bits per heavy atom. The molecule has 0 saturated heterocycles. The molecule has 3 nitrogen and oxygen atoms in total. The summed E-state index contributed by atoms with van der Waals surface area (Å²) in [5, 5.41) is 0. The first-order valence-electron chi connectivity index (χ1n) is 4.82. The normalized spacial score (nSPS) is 15.6. The zero-order chi connectivity index (χ0) is 10.1. The van der Waals surface area contributed by atoms with Gasteiger partial charge in [0.15, 0.2) is 11.1 Å². The van der Waals surface area contributed by atoms with E-state index < -0.39 is 11.1 Å². The van der Waals surface area contributed by atoms with Gasteiger partial charge in [0.25, 0.3) is 0 Å². The van der Waals surface area contributed by atoms with Crippen LogP contribution in [0.5, 0.6) is 0 Å². The van der Waals surface area contributed by atoms with E-state index in [1.165, 1.54) is 12.8 Å². The Kier molecular flexibility index (Phi) is 8.71. The van der Waals surface area contributed by atoms with Gasteiger partial charge in [-0.2, -0.15) is 0 Å². The van der Waals surface area contributed by atoms with Crippen LogP contribution in [0.25, 0.3) is 0 Å². The van der Waals surface area contributed by atoms with E-state index in [4.69, 9.17) is 9.29 Å². The van der Waals surface area contributed by atoms with E-state index in [0.717, 1.165) is 13.0 Å². The first-order chi connectivity index (χ1) is 6.16. The highest BCUT2D eigenvalue weighted by atomic mass is 32.2. The number of hydrogen-bond donors (Lipinski definition) is 1. The minimum Gasteiger partial charge on any atom is -0.381 e. The van der Waals surface area contributed by atoms with E-state index in [1.54, 1.807) is 0 Å². The van der Waals surface area contributed by atoms with Crippen LogP contribution in [0.1, 0.15) is 33.1 Å². The van der Waals surface area contributed by atoms with Crippen molar-refractivity contribution in [2.75, 3.05) is 19.0 Å². The molecule has 0 radical (unpaired) electrons. The van der Waals surface area contributed by atoms with Crippen molar-refractivity contribution in [3.8, 4) is 0 Å². The molecule has 0 heterocycles. The Bertz CT molecular complexity index is 139. The molecule has 4 heteroatoms. The molecule has 0 amide bonds. The molecule has 2 atom stereocenters. The van der Waals surface area contributed by atoms with Crippen LogP contribution in [-0.4, -0.2) is 27.7 Å². The van der Waals surface area contributed by atoms with Gasteiger partial charge < -0.3 is 9.29 Å². The van der Waals surface area contributed by atoms with Crippen LogP contribution in [0.2, 0.25) is 0 Å². The van der Waals surface area contributed by atoms with Crippen LogP contribution in [0, 0.1) is 5.92 Å². The summed E-state index contributed by atoms with van der Waals surface area (Å²) in [7, 11) is 0. The summed E-state index contributed by atoms with van der Waals surface area (Å²) in [5.74, 6) is 0.487. The van der Waals surface area contributed by atoms with Crippen LogP contribution in [0.4, 0.5) is 0 Å². The lowest BCUT2D eigenvalue weighted by Gasteiger charge is -2.09. The average molecular weight is 208 g/mol. The van der Waals surface area contributed by atoms with E-state index >= 15 is 0 Å². The number of rotatable bonds is 8. The molecule has 0 spiro atoms. The summed E-state index contributed by atoms with van der Waals surface area (Å²) >= 11 is -1.68. The molecule has 0 aromatic rings. The predicted octanol–water partition coefficient (Wildman–Crippen LogP) is 2.05. The highest BCUT2D eigenvalue weighted by molar-refractivity contribution is 7.79. The van der Waals surface area contributed by atoms with Crippen molar-refractivity contribution in [3.05, 3.63) is 0 Å². The molecule has 13 heavy (non-hydrogen) atoms. The van der Waals surface area contributed by atoms with Crippen molar-refractivity contribution < 1.29 is 13.5 Å². The van der Waals surface area contributed by atoms with E-state index in [0.29, 0.717) is 12.4 Å². The van der Waals surface area contributed by atoms with Crippen LogP contribution in [-0.2, 0) is 15.8 Å². The maximum Gasteiger partial charge on any atom is 0.153 e. The van der Waals surface area contributed by atoms with Gasteiger partial charge in [0, 0.05) is 6.61 Å². The first-order valence-corrected chi connectivity index (χ1v) is 6.09. The Balaban J connectivity index is 3.17. The van der Waals surface area contributed by atoms with Crippen molar-refractivity contribution in [2.24, 2.45) is 5.92 Å². The standard InChI is InChI=1S/C9H20O3S/c1-3-4-5-6-12-7-9(2)8-13(10)11/h9H,3-8H2,1-2H3,(H,10,11). The van der Waals surface area contributed by atoms with Gasteiger partial charge in [-0.25, -0.2) is 4.21 Å². The third kappa shape index (κ3) is 9.99. The lowest BCUT2D eigenvalue weighted by molar-refractivity contribution is 0.107. The van der Waals surface area contributed by atoms with E-state index in [-0.39, 0.29) is 5.92 Å². The SMILES string of the molecule is CCCCCOCC(C)CS(=O)O. The second-order valence-corrected chi connectivity index (χ2v) is 4.35. The summed E-state index contributed by atoms with van der Waals surface area (Å²) in [6.07, 6.45) is 3.48. The average Bonchev–Trinajstić information content (AvgIpc) is 2.02. The number of ether oxygens (including phenoxy) is 1. The number of hydrogen-bond acceptors (Lipinski definition) is 2.